The fraction of sp³-hybridized carbons (Fsp3) is 0.375. The van der Waals surface area contributed by atoms with Gasteiger partial charge in [0.2, 0.25) is 5.91 Å². The molecule has 9 nitrogen and oxygen atoms in total. The lowest BCUT2D eigenvalue weighted by molar-refractivity contribution is -0.159. The number of phenolic OH excluding ortho intramolecular Hbond substituents is 1. The van der Waals surface area contributed by atoms with Gasteiger partial charge in [0.05, 0.1) is 6.61 Å². The molecule has 1 saturated heterocycles. The van der Waals surface area contributed by atoms with Gasteiger partial charge in [-0.15, -0.1) is 0 Å². The topological polar surface area (TPSA) is 139 Å². The van der Waals surface area contributed by atoms with Crippen molar-refractivity contribution >= 4 is 17.8 Å². The van der Waals surface area contributed by atoms with Crippen LogP contribution in [0.4, 0.5) is 0 Å². The highest BCUT2D eigenvalue weighted by molar-refractivity contribution is 6.27. The van der Waals surface area contributed by atoms with E-state index in [4.69, 9.17) is 19.8 Å². The van der Waals surface area contributed by atoms with Crippen LogP contribution in [0.1, 0.15) is 24.0 Å². The number of rotatable bonds is 7. The summed E-state index contributed by atoms with van der Waals surface area (Å²) in [6, 6.07) is 17.3. The first-order valence-corrected chi connectivity index (χ1v) is 10.7. The molecule has 4 N–H and O–H groups in total. The number of aliphatic hydroxyl groups excluding tert-OH is 1. The summed E-state index contributed by atoms with van der Waals surface area (Å²) in [6.45, 7) is 3.26. The van der Waals surface area contributed by atoms with Crippen LogP contribution in [0.3, 0.4) is 0 Å². The van der Waals surface area contributed by atoms with Gasteiger partial charge in [-0.25, -0.2) is 9.59 Å². The van der Waals surface area contributed by atoms with Crippen LogP contribution in [0.5, 0.6) is 5.75 Å². The molecule has 0 spiro atoms. The largest absolute Gasteiger partial charge is 0.508 e. The molecule has 0 saturated carbocycles. The first-order valence-electron chi connectivity index (χ1n) is 10.7. The maximum atomic E-state index is 13.0. The molecule has 0 aromatic heterocycles. The Morgan fingerprint density at radius 3 is 2.03 bits per heavy atom. The maximum absolute atomic E-state index is 13.0. The maximum Gasteiger partial charge on any atom is 0.414 e. The van der Waals surface area contributed by atoms with Crippen molar-refractivity contribution in [2.75, 3.05) is 26.2 Å². The van der Waals surface area contributed by atoms with E-state index in [1.165, 1.54) is 0 Å². The molecular weight excluding hydrogens is 428 g/mol. The molecule has 1 amide bonds. The molecule has 1 heterocycles. The van der Waals surface area contributed by atoms with Gasteiger partial charge >= 0.3 is 11.9 Å². The van der Waals surface area contributed by atoms with Crippen molar-refractivity contribution in [1.82, 2.24) is 9.80 Å². The fourth-order valence-electron chi connectivity index (χ4n) is 3.67. The number of carbonyl (C=O) groups is 3. The van der Waals surface area contributed by atoms with Crippen molar-refractivity contribution in [3.05, 3.63) is 65.7 Å². The third-order valence-corrected chi connectivity index (χ3v) is 5.40. The average molecular weight is 459 g/mol. The zero-order chi connectivity index (χ0) is 24.2. The number of hydrogen-bond acceptors (Lipinski definition) is 6. The summed E-state index contributed by atoms with van der Waals surface area (Å²) in [6.07, 6.45) is 1.62. The van der Waals surface area contributed by atoms with E-state index in [-0.39, 0.29) is 18.4 Å². The second kappa shape index (κ2) is 13.2. The molecule has 33 heavy (non-hydrogen) atoms. The first kappa shape index (κ1) is 25.8. The number of likely N-dealkylation sites (tertiary alicyclic amines) is 1. The zero-order valence-corrected chi connectivity index (χ0v) is 18.3. The number of aliphatic carboxylic acids is 2. The Morgan fingerprint density at radius 1 is 0.909 bits per heavy atom. The molecule has 0 unspecified atom stereocenters. The molecule has 1 fully saturated rings. The van der Waals surface area contributed by atoms with Crippen LogP contribution in [-0.4, -0.2) is 74.3 Å². The van der Waals surface area contributed by atoms with Crippen molar-refractivity contribution in [3.63, 3.8) is 0 Å². The predicted octanol–water partition coefficient (Wildman–Crippen LogP) is 1.78. The lowest BCUT2D eigenvalue weighted by atomic mass is 9.94. The lowest BCUT2D eigenvalue weighted by Gasteiger charge is -2.34. The van der Waals surface area contributed by atoms with Crippen LogP contribution < -0.4 is 0 Å². The van der Waals surface area contributed by atoms with Gasteiger partial charge in [0, 0.05) is 31.1 Å². The zero-order valence-electron chi connectivity index (χ0n) is 18.3. The molecule has 9 heteroatoms. The fourth-order valence-corrected chi connectivity index (χ4v) is 3.67. The summed E-state index contributed by atoms with van der Waals surface area (Å²) < 4.78 is 0. The summed E-state index contributed by atoms with van der Waals surface area (Å²) in [5.74, 6) is -3.19. The van der Waals surface area contributed by atoms with Gasteiger partial charge in [-0.2, -0.15) is 0 Å². The highest BCUT2D eigenvalue weighted by atomic mass is 16.4. The number of aromatic hydroxyl groups is 1. The van der Waals surface area contributed by atoms with Gasteiger partial charge < -0.3 is 25.3 Å². The molecule has 0 radical (unpaired) electrons. The molecular formula is C24H30N2O7. The number of nitrogens with zero attached hydrogens (tertiary/aromatic N) is 2. The number of amides is 1. The average Bonchev–Trinajstić information content (AvgIpc) is 2.81. The van der Waals surface area contributed by atoms with Crippen LogP contribution in [-0.2, 0) is 27.5 Å². The minimum atomic E-state index is -1.82. The number of aliphatic hydroxyl groups is 1. The normalized spacial score (nSPS) is 14.1. The van der Waals surface area contributed by atoms with Crippen molar-refractivity contribution in [2.24, 2.45) is 5.92 Å². The number of phenols is 1. The quantitative estimate of drug-likeness (QED) is 0.461. The van der Waals surface area contributed by atoms with Crippen molar-refractivity contribution in [3.8, 4) is 5.75 Å². The number of hydrogen-bond donors (Lipinski definition) is 4. The van der Waals surface area contributed by atoms with E-state index in [0.717, 1.165) is 37.1 Å². The SMILES string of the molecule is O=C(C1CCN(Cc2ccccc2O)CC1)N(CCO)Cc1ccccc1.O=C(O)C(=O)O. The summed E-state index contributed by atoms with van der Waals surface area (Å²) in [7, 11) is 0. The number of para-hydroxylation sites is 1. The third kappa shape index (κ3) is 8.55. The third-order valence-electron chi connectivity index (χ3n) is 5.40. The van der Waals surface area contributed by atoms with Crippen LogP contribution in [0, 0.1) is 5.92 Å². The van der Waals surface area contributed by atoms with Gasteiger partial charge in [0.15, 0.2) is 0 Å². The molecule has 0 atom stereocenters. The summed E-state index contributed by atoms with van der Waals surface area (Å²) in [5.41, 5.74) is 2.00. The van der Waals surface area contributed by atoms with Crippen molar-refractivity contribution in [1.29, 1.82) is 0 Å². The Kier molecular flexibility index (Phi) is 10.3. The minimum absolute atomic E-state index is 0.000817. The highest BCUT2D eigenvalue weighted by Gasteiger charge is 2.28. The van der Waals surface area contributed by atoms with Crippen molar-refractivity contribution in [2.45, 2.75) is 25.9 Å². The molecule has 0 bridgehead atoms. The summed E-state index contributed by atoms with van der Waals surface area (Å²) in [5, 5.41) is 34.1. The molecule has 1 aliphatic rings. The van der Waals surface area contributed by atoms with Gasteiger partial charge in [-0.1, -0.05) is 48.5 Å². The number of carboxylic acids is 2. The molecule has 1 aliphatic heterocycles. The Hall–Kier alpha value is -3.43. The Labute approximate surface area is 192 Å². The van der Waals surface area contributed by atoms with Crippen LogP contribution >= 0.6 is 0 Å². The van der Waals surface area contributed by atoms with Crippen molar-refractivity contribution < 1.29 is 34.8 Å². The summed E-state index contributed by atoms with van der Waals surface area (Å²) in [4.78, 5) is 35.2. The molecule has 2 aromatic carbocycles. The molecule has 3 rings (SSSR count). The van der Waals surface area contributed by atoms with Gasteiger partial charge in [0.25, 0.3) is 0 Å². The smallest absolute Gasteiger partial charge is 0.414 e. The monoisotopic (exact) mass is 458 g/mol. The second-order valence-corrected chi connectivity index (χ2v) is 7.76. The van der Waals surface area contributed by atoms with Crippen LogP contribution in [0.25, 0.3) is 0 Å². The van der Waals surface area contributed by atoms with Crippen LogP contribution in [0.2, 0.25) is 0 Å². The van der Waals surface area contributed by atoms with Gasteiger partial charge in [-0.05, 0) is 37.6 Å². The number of piperidine rings is 1. The van der Waals surface area contributed by atoms with E-state index in [1.807, 2.05) is 48.5 Å². The standard InChI is InChI=1S/C22H28N2O3.C2H2O4/c25-15-14-24(16-18-6-2-1-3-7-18)22(27)19-10-12-23(13-11-19)17-20-8-4-5-9-21(20)26;3-1(4)2(5)6/h1-9,19,25-26H,10-17H2;(H,3,4)(H,5,6). The molecule has 0 aliphatic carbocycles. The van der Waals surface area contributed by atoms with E-state index >= 15 is 0 Å². The van der Waals surface area contributed by atoms with E-state index in [0.29, 0.717) is 25.4 Å². The Balaban J connectivity index is 0.000000569. The molecule has 2 aromatic rings. The molecule has 178 valence electrons. The number of carbonyl (C=O) groups excluding carboxylic acids is 1. The lowest BCUT2D eigenvalue weighted by Crippen LogP contribution is -2.43. The Morgan fingerprint density at radius 2 is 1.48 bits per heavy atom. The summed E-state index contributed by atoms with van der Waals surface area (Å²) >= 11 is 0. The van der Waals surface area contributed by atoms with E-state index < -0.39 is 11.9 Å². The van der Waals surface area contributed by atoms with Gasteiger partial charge in [0.1, 0.15) is 5.75 Å². The van der Waals surface area contributed by atoms with E-state index in [9.17, 15) is 15.0 Å². The Bertz CT molecular complexity index is 900. The highest BCUT2D eigenvalue weighted by Crippen LogP contribution is 2.24. The minimum Gasteiger partial charge on any atom is -0.508 e. The number of carboxylic acid groups (broad SMARTS) is 2. The van der Waals surface area contributed by atoms with E-state index in [2.05, 4.69) is 4.90 Å². The van der Waals surface area contributed by atoms with E-state index in [1.54, 1.807) is 11.0 Å². The van der Waals surface area contributed by atoms with Gasteiger partial charge in [-0.3, -0.25) is 9.69 Å². The predicted molar refractivity (Wildman–Crippen MR) is 120 cm³/mol. The first-order chi connectivity index (χ1) is 15.8. The van der Waals surface area contributed by atoms with Crippen LogP contribution in [0.15, 0.2) is 54.6 Å². The number of benzene rings is 2. The second-order valence-electron chi connectivity index (χ2n) is 7.76.